The number of aromatic nitrogens is 4. The van der Waals surface area contributed by atoms with E-state index in [-0.39, 0.29) is 28.7 Å². The van der Waals surface area contributed by atoms with Crippen LogP contribution in [0.2, 0.25) is 0 Å². The highest BCUT2D eigenvalue weighted by Gasteiger charge is 2.17. The number of nitrogens with one attached hydrogen (secondary N) is 1. The number of fused-ring (bicyclic) bond motifs is 3. The van der Waals surface area contributed by atoms with Gasteiger partial charge in [-0.25, -0.2) is 13.6 Å². The number of hydrogen-bond acceptors (Lipinski definition) is 7. The summed E-state index contributed by atoms with van der Waals surface area (Å²) in [4.78, 5) is 25.2. The quantitative estimate of drug-likeness (QED) is 0.309. The average Bonchev–Trinajstić information content (AvgIpc) is 3.19. The maximum atomic E-state index is 12.8. The molecule has 2 aromatic carbocycles. The second kappa shape index (κ2) is 8.57. The standard InChI is InChI=1S/C20H18N6O4S2/c1-2-10-25-18(28)15-8-3-4-9-16(15)26-19(25)23-24-20(26)31-12-17(27)22-13-6-5-7-14(11-13)32(21,29)30/h2-9,11H,1,10,12H2,(H,22,27)(H2,21,29,30). The lowest BCUT2D eigenvalue weighted by Gasteiger charge is -2.10. The first kappa shape index (κ1) is 21.7. The molecular formula is C20H18N6O4S2. The third-order valence-corrected chi connectivity index (χ3v) is 6.41. The van der Waals surface area contributed by atoms with E-state index in [1.807, 2.05) is 0 Å². The zero-order chi connectivity index (χ0) is 22.9. The number of anilines is 1. The summed E-state index contributed by atoms with van der Waals surface area (Å²) in [5, 5.41) is 17.0. The number of thioether (sulfide) groups is 1. The number of rotatable bonds is 7. The van der Waals surface area contributed by atoms with Crippen LogP contribution in [0.1, 0.15) is 0 Å². The minimum Gasteiger partial charge on any atom is -0.325 e. The van der Waals surface area contributed by atoms with Gasteiger partial charge >= 0.3 is 0 Å². The zero-order valence-electron chi connectivity index (χ0n) is 16.6. The molecule has 0 spiro atoms. The van der Waals surface area contributed by atoms with Crippen molar-refractivity contribution in [2.75, 3.05) is 11.1 Å². The molecule has 0 saturated carbocycles. The molecule has 0 radical (unpaired) electrons. The van der Waals surface area contributed by atoms with Crippen LogP contribution >= 0.6 is 11.8 Å². The van der Waals surface area contributed by atoms with Crippen molar-refractivity contribution in [2.24, 2.45) is 5.14 Å². The summed E-state index contributed by atoms with van der Waals surface area (Å²) in [6, 6.07) is 12.8. The van der Waals surface area contributed by atoms with E-state index in [4.69, 9.17) is 5.14 Å². The maximum Gasteiger partial charge on any atom is 0.263 e. The summed E-state index contributed by atoms with van der Waals surface area (Å²) >= 11 is 1.13. The number of carbonyl (C=O) groups is 1. The molecule has 1 amide bonds. The van der Waals surface area contributed by atoms with Crippen LogP contribution in [0.25, 0.3) is 16.7 Å². The van der Waals surface area contributed by atoms with Gasteiger partial charge in [0.2, 0.25) is 21.7 Å². The predicted molar refractivity (Wildman–Crippen MR) is 122 cm³/mol. The molecule has 0 bridgehead atoms. The molecule has 0 aliphatic heterocycles. The van der Waals surface area contributed by atoms with Crippen LogP contribution in [0.15, 0.2) is 76.0 Å². The van der Waals surface area contributed by atoms with E-state index in [9.17, 15) is 18.0 Å². The molecular weight excluding hydrogens is 452 g/mol. The van der Waals surface area contributed by atoms with Crippen LogP contribution in [0, 0.1) is 0 Å². The average molecular weight is 471 g/mol. The van der Waals surface area contributed by atoms with Crippen molar-refractivity contribution in [3.63, 3.8) is 0 Å². The monoisotopic (exact) mass is 470 g/mol. The Morgan fingerprint density at radius 3 is 2.72 bits per heavy atom. The fourth-order valence-corrected chi connectivity index (χ4v) is 4.50. The number of nitrogens with zero attached hydrogens (tertiary/aromatic N) is 4. The van der Waals surface area contributed by atoms with Crippen LogP contribution in [0.3, 0.4) is 0 Å². The van der Waals surface area contributed by atoms with Crippen LogP contribution in [0.5, 0.6) is 0 Å². The Morgan fingerprint density at radius 1 is 1.19 bits per heavy atom. The Morgan fingerprint density at radius 2 is 1.97 bits per heavy atom. The highest BCUT2D eigenvalue weighted by atomic mass is 32.2. The molecule has 12 heteroatoms. The van der Waals surface area contributed by atoms with Crippen LogP contribution < -0.4 is 16.0 Å². The van der Waals surface area contributed by atoms with Crippen molar-refractivity contribution < 1.29 is 13.2 Å². The van der Waals surface area contributed by atoms with Gasteiger partial charge in [-0.05, 0) is 30.3 Å². The predicted octanol–water partition coefficient (Wildman–Crippen LogP) is 1.61. The van der Waals surface area contributed by atoms with E-state index in [2.05, 4.69) is 22.1 Å². The fourth-order valence-electron chi connectivity index (χ4n) is 3.20. The van der Waals surface area contributed by atoms with Gasteiger partial charge in [0.25, 0.3) is 5.56 Å². The van der Waals surface area contributed by atoms with Gasteiger partial charge in [-0.2, -0.15) is 0 Å². The molecule has 0 fully saturated rings. The number of benzene rings is 2. The Balaban J connectivity index is 1.62. The van der Waals surface area contributed by atoms with Crippen molar-refractivity contribution in [1.82, 2.24) is 19.2 Å². The van der Waals surface area contributed by atoms with Gasteiger partial charge in [0.05, 0.1) is 21.6 Å². The highest BCUT2D eigenvalue weighted by Crippen LogP contribution is 2.22. The molecule has 2 heterocycles. The topological polar surface area (TPSA) is 141 Å². The smallest absolute Gasteiger partial charge is 0.263 e. The summed E-state index contributed by atoms with van der Waals surface area (Å²) < 4.78 is 26.2. The summed E-state index contributed by atoms with van der Waals surface area (Å²) in [5.74, 6) is -0.0469. The minimum atomic E-state index is -3.88. The Labute approximate surface area is 186 Å². The van der Waals surface area contributed by atoms with Gasteiger partial charge < -0.3 is 5.32 Å². The lowest BCUT2D eigenvalue weighted by Crippen LogP contribution is -2.22. The molecule has 0 unspecified atom stereocenters. The first-order valence-corrected chi connectivity index (χ1v) is 11.9. The Bertz CT molecular complexity index is 1520. The molecule has 4 rings (SSSR count). The van der Waals surface area contributed by atoms with E-state index in [1.165, 1.54) is 22.8 Å². The van der Waals surface area contributed by atoms with Gasteiger partial charge in [-0.3, -0.25) is 18.6 Å². The Hall–Kier alpha value is -3.48. The molecule has 4 aromatic rings. The third kappa shape index (κ3) is 4.15. The SMILES string of the molecule is C=CCn1c(=O)c2ccccc2n2c(SCC(=O)Nc3cccc(S(N)(=O)=O)c3)nnc12. The lowest BCUT2D eigenvalue weighted by molar-refractivity contribution is -0.113. The Kier molecular flexibility index (Phi) is 5.82. The first-order valence-electron chi connectivity index (χ1n) is 9.32. The van der Waals surface area contributed by atoms with Crippen molar-refractivity contribution in [3.8, 4) is 0 Å². The number of hydrogen-bond donors (Lipinski definition) is 2. The van der Waals surface area contributed by atoms with E-state index in [0.717, 1.165) is 11.8 Å². The molecule has 0 aliphatic carbocycles. The van der Waals surface area contributed by atoms with Gasteiger partial charge in [0.1, 0.15) is 0 Å². The van der Waals surface area contributed by atoms with Crippen LogP contribution in [-0.4, -0.2) is 39.2 Å². The molecule has 0 atom stereocenters. The molecule has 164 valence electrons. The lowest BCUT2D eigenvalue weighted by atomic mass is 10.2. The van der Waals surface area contributed by atoms with Crippen molar-refractivity contribution in [2.45, 2.75) is 16.6 Å². The zero-order valence-corrected chi connectivity index (χ0v) is 18.3. The van der Waals surface area contributed by atoms with Gasteiger partial charge in [-0.1, -0.05) is 36.0 Å². The second-order valence-corrected chi connectivity index (χ2v) is 9.25. The van der Waals surface area contributed by atoms with Crippen LogP contribution in [0.4, 0.5) is 5.69 Å². The summed E-state index contributed by atoms with van der Waals surface area (Å²) in [6.07, 6.45) is 1.60. The third-order valence-electron chi connectivity index (χ3n) is 4.57. The summed E-state index contributed by atoms with van der Waals surface area (Å²) in [5.41, 5.74) is 0.726. The number of nitrogens with two attached hydrogens (primary N) is 1. The van der Waals surface area contributed by atoms with Gasteiger partial charge in [-0.15, -0.1) is 16.8 Å². The summed E-state index contributed by atoms with van der Waals surface area (Å²) in [6.45, 7) is 3.95. The number of allylic oxidation sites excluding steroid dienone is 1. The van der Waals surface area contributed by atoms with E-state index in [1.54, 1.807) is 40.8 Å². The largest absolute Gasteiger partial charge is 0.325 e. The molecule has 0 aliphatic rings. The van der Waals surface area contributed by atoms with Crippen LogP contribution in [-0.2, 0) is 21.4 Å². The van der Waals surface area contributed by atoms with E-state index in [0.29, 0.717) is 27.5 Å². The minimum absolute atomic E-state index is 0.0185. The van der Waals surface area contributed by atoms with Crippen molar-refractivity contribution >= 4 is 50.1 Å². The van der Waals surface area contributed by atoms with Crippen molar-refractivity contribution in [1.29, 1.82) is 0 Å². The van der Waals surface area contributed by atoms with E-state index >= 15 is 0 Å². The second-order valence-electron chi connectivity index (χ2n) is 6.75. The van der Waals surface area contributed by atoms with Gasteiger partial charge in [0.15, 0.2) is 5.16 Å². The number of carbonyl (C=O) groups excluding carboxylic acids is 1. The first-order chi connectivity index (χ1) is 15.3. The summed E-state index contributed by atoms with van der Waals surface area (Å²) in [7, 11) is -3.88. The molecule has 3 N–H and O–H groups in total. The molecule has 10 nitrogen and oxygen atoms in total. The van der Waals surface area contributed by atoms with Crippen molar-refractivity contribution in [3.05, 3.63) is 71.5 Å². The molecule has 2 aromatic heterocycles. The maximum absolute atomic E-state index is 12.8. The highest BCUT2D eigenvalue weighted by molar-refractivity contribution is 7.99. The van der Waals surface area contributed by atoms with Gasteiger partial charge in [0, 0.05) is 12.2 Å². The fraction of sp³-hybridized carbons (Fsp3) is 0.100. The number of para-hydroxylation sites is 1. The molecule has 0 saturated heterocycles. The number of amides is 1. The molecule has 32 heavy (non-hydrogen) atoms. The normalized spacial score (nSPS) is 11.7. The van der Waals surface area contributed by atoms with E-state index < -0.39 is 10.0 Å². The number of sulfonamides is 1. The number of primary sulfonamides is 1.